The van der Waals surface area contributed by atoms with Gasteiger partial charge in [-0.3, -0.25) is 4.79 Å². The second kappa shape index (κ2) is 8.30. The topological polar surface area (TPSA) is 68.7 Å². The number of ether oxygens (including phenoxy) is 2. The van der Waals surface area contributed by atoms with Gasteiger partial charge in [-0.05, 0) is 36.4 Å². The van der Waals surface area contributed by atoms with Crippen molar-refractivity contribution in [2.75, 3.05) is 13.2 Å². The van der Waals surface area contributed by atoms with Gasteiger partial charge in [0.05, 0.1) is 12.1 Å². The highest BCUT2D eigenvalue weighted by Crippen LogP contribution is 2.26. The molecule has 1 N–H and O–H groups in total. The summed E-state index contributed by atoms with van der Waals surface area (Å²) >= 11 is 1.43. The van der Waals surface area contributed by atoms with E-state index in [0.29, 0.717) is 18.9 Å². The number of nitrogens with zero attached hydrogens (tertiary/aromatic N) is 1. The molecule has 0 bridgehead atoms. The molecule has 2 aromatic carbocycles. The summed E-state index contributed by atoms with van der Waals surface area (Å²) in [6.07, 6.45) is -0.0564. The molecule has 0 aliphatic carbocycles. The third kappa shape index (κ3) is 5.06. The van der Waals surface area contributed by atoms with Crippen molar-refractivity contribution in [1.29, 1.82) is 0 Å². The highest BCUT2D eigenvalue weighted by Gasteiger charge is 2.08. The molecule has 0 saturated carbocycles. The molecule has 3 aromatic rings. The van der Waals surface area contributed by atoms with Crippen LogP contribution in [0.2, 0.25) is 0 Å². The van der Waals surface area contributed by atoms with E-state index in [9.17, 15) is 4.79 Å². The van der Waals surface area contributed by atoms with Gasteiger partial charge in [-0.1, -0.05) is 18.2 Å². The first-order valence-electron chi connectivity index (χ1n) is 7.78. The number of aliphatic carboxylic acids is 1. The van der Waals surface area contributed by atoms with Crippen LogP contribution in [0, 0.1) is 0 Å². The molecule has 0 aliphatic rings. The van der Waals surface area contributed by atoms with Crippen LogP contribution in [0.1, 0.15) is 5.69 Å². The average molecular weight is 355 g/mol. The molecule has 25 heavy (non-hydrogen) atoms. The SMILES string of the molecule is O=C(O)Cc1csc(-c2ccc(OCCOc3ccccc3)cc2)n1. The lowest BCUT2D eigenvalue weighted by Crippen LogP contribution is -2.08. The maximum Gasteiger partial charge on any atom is 0.309 e. The standard InChI is InChI=1S/C19H17NO4S/c21-18(22)12-15-13-25-19(20-15)14-6-8-17(9-7-14)24-11-10-23-16-4-2-1-3-5-16/h1-9,13H,10-12H2,(H,21,22). The number of aromatic nitrogens is 1. The fourth-order valence-electron chi connectivity index (χ4n) is 2.21. The molecule has 0 saturated heterocycles. The van der Waals surface area contributed by atoms with Gasteiger partial charge >= 0.3 is 5.97 Å². The third-order valence-corrected chi connectivity index (χ3v) is 4.29. The lowest BCUT2D eigenvalue weighted by atomic mass is 10.2. The number of carboxylic acid groups (broad SMARTS) is 1. The smallest absolute Gasteiger partial charge is 0.309 e. The van der Waals surface area contributed by atoms with Gasteiger partial charge in [-0.15, -0.1) is 11.3 Å². The first-order valence-corrected chi connectivity index (χ1v) is 8.66. The van der Waals surface area contributed by atoms with Gasteiger partial charge in [0.2, 0.25) is 0 Å². The summed E-state index contributed by atoms with van der Waals surface area (Å²) < 4.78 is 11.2. The molecule has 0 amide bonds. The summed E-state index contributed by atoms with van der Waals surface area (Å²) in [6.45, 7) is 0.922. The molecule has 1 heterocycles. The molecule has 0 fully saturated rings. The van der Waals surface area contributed by atoms with E-state index in [1.54, 1.807) is 5.38 Å². The minimum atomic E-state index is -0.877. The Hall–Kier alpha value is -2.86. The number of hydrogen-bond acceptors (Lipinski definition) is 5. The zero-order valence-electron chi connectivity index (χ0n) is 13.4. The van der Waals surface area contributed by atoms with Crippen LogP contribution in [0.4, 0.5) is 0 Å². The number of thiazole rings is 1. The van der Waals surface area contributed by atoms with Gasteiger partial charge in [0, 0.05) is 10.9 Å². The number of para-hydroxylation sites is 1. The van der Waals surface area contributed by atoms with E-state index in [2.05, 4.69) is 4.98 Å². The van der Waals surface area contributed by atoms with Crippen LogP contribution >= 0.6 is 11.3 Å². The van der Waals surface area contributed by atoms with Gasteiger partial charge in [-0.25, -0.2) is 4.98 Å². The van der Waals surface area contributed by atoms with Gasteiger partial charge in [0.15, 0.2) is 0 Å². The molecule has 3 rings (SSSR count). The van der Waals surface area contributed by atoms with Crippen LogP contribution in [-0.2, 0) is 11.2 Å². The van der Waals surface area contributed by atoms with Crippen LogP contribution < -0.4 is 9.47 Å². The molecule has 0 radical (unpaired) electrons. The zero-order chi connectivity index (χ0) is 17.5. The van der Waals surface area contributed by atoms with Crippen LogP contribution in [0.3, 0.4) is 0 Å². The molecule has 6 heteroatoms. The Labute approximate surface area is 149 Å². The minimum Gasteiger partial charge on any atom is -0.490 e. The van der Waals surface area contributed by atoms with Crippen molar-refractivity contribution in [3.05, 3.63) is 65.7 Å². The molecule has 0 atom stereocenters. The summed E-state index contributed by atoms with van der Waals surface area (Å²) in [5, 5.41) is 11.4. The van der Waals surface area contributed by atoms with Crippen molar-refractivity contribution in [3.8, 4) is 22.1 Å². The Bertz CT molecular complexity index is 815. The number of rotatable bonds is 8. The van der Waals surface area contributed by atoms with Crippen LogP contribution in [0.15, 0.2) is 60.0 Å². The quantitative estimate of drug-likeness (QED) is 0.621. The van der Waals surface area contributed by atoms with Gasteiger partial charge < -0.3 is 14.6 Å². The molecule has 1 aromatic heterocycles. The Morgan fingerprint density at radius 1 is 0.960 bits per heavy atom. The van der Waals surface area contributed by atoms with Crippen molar-refractivity contribution >= 4 is 17.3 Å². The van der Waals surface area contributed by atoms with Crippen molar-refractivity contribution in [2.45, 2.75) is 6.42 Å². The fourth-order valence-corrected chi connectivity index (χ4v) is 3.03. The molecule has 0 aliphatic heterocycles. The van der Waals surface area contributed by atoms with Gasteiger partial charge in [0.25, 0.3) is 0 Å². The largest absolute Gasteiger partial charge is 0.490 e. The van der Waals surface area contributed by atoms with Crippen LogP contribution in [0.5, 0.6) is 11.5 Å². The monoisotopic (exact) mass is 355 g/mol. The molecule has 0 unspecified atom stereocenters. The normalized spacial score (nSPS) is 10.4. The summed E-state index contributed by atoms with van der Waals surface area (Å²) in [7, 11) is 0. The predicted molar refractivity (Wildman–Crippen MR) is 96.3 cm³/mol. The van der Waals surface area contributed by atoms with Gasteiger partial charge in [-0.2, -0.15) is 0 Å². The second-order valence-corrected chi connectivity index (χ2v) is 6.11. The van der Waals surface area contributed by atoms with Crippen LogP contribution in [0.25, 0.3) is 10.6 Å². The van der Waals surface area contributed by atoms with E-state index >= 15 is 0 Å². The maximum atomic E-state index is 10.7. The van der Waals surface area contributed by atoms with E-state index in [1.807, 2.05) is 54.6 Å². The lowest BCUT2D eigenvalue weighted by molar-refractivity contribution is -0.136. The second-order valence-electron chi connectivity index (χ2n) is 5.25. The third-order valence-electron chi connectivity index (χ3n) is 3.35. The predicted octanol–water partition coefficient (Wildman–Crippen LogP) is 3.90. The van der Waals surface area contributed by atoms with Crippen molar-refractivity contribution in [3.63, 3.8) is 0 Å². The molecular weight excluding hydrogens is 338 g/mol. The van der Waals surface area contributed by atoms with Crippen molar-refractivity contribution in [1.82, 2.24) is 4.98 Å². The van der Waals surface area contributed by atoms with Crippen molar-refractivity contribution in [2.24, 2.45) is 0 Å². The van der Waals surface area contributed by atoms with E-state index in [1.165, 1.54) is 11.3 Å². The van der Waals surface area contributed by atoms with E-state index in [4.69, 9.17) is 14.6 Å². The fraction of sp³-hybridized carbons (Fsp3) is 0.158. The summed E-state index contributed by atoms with van der Waals surface area (Å²) in [4.78, 5) is 15.0. The Morgan fingerprint density at radius 2 is 1.60 bits per heavy atom. The van der Waals surface area contributed by atoms with E-state index in [0.717, 1.165) is 22.1 Å². The van der Waals surface area contributed by atoms with Crippen molar-refractivity contribution < 1.29 is 19.4 Å². The highest BCUT2D eigenvalue weighted by atomic mass is 32.1. The molecule has 128 valence electrons. The Morgan fingerprint density at radius 3 is 2.24 bits per heavy atom. The first-order chi connectivity index (χ1) is 12.2. The van der Waals surface area contributed by atoms with Gasteiger partial charge in [0.1, 0.15) is 29.7 Å². The number of benzene rings is 2. The molecule has 0 spiro atoms. The lowest BCUT2D eigenvalue weighted by Gasteiger charge is -2.08. The number of hydrogen-bond donors (Lipinski definition) is 1. The highest BCUT2D eigenvalue weighted by molar-refractivity contribution is 7.13. The van der Waals surface area contributed by atoms with E-state index < -0.39 is 5.97 Å². The summed E-state index contributed by atoms with van der Waals surface area (Å²) in [5.74, 6) is 0.698. The van der Waals surface area contributed by atoms with Crippen LogP contribution in [-0.4, -0.2) is 29.3 Å². The zero-order valence-corrected chi connectivity index (χ0v) is 14.2. The Kier molecular flexibility index (Phi) is 5.64. The number of carboxylic acids is 1. The Balaban J connectivity index is 1.50. The average Bonchev–Trinajstić information content (AvgIpc) is 3.08. The first kappa shape index (κ1) is 17.0. The minimum absolute atomic E-state index is 0.0564. The van der Waals surface area contributed by atoms with E-state index in [-0.39, 0.29) is 6.42 Å². The molecular formula is C19H17NO4S. The summed E-state index contributed by atoms with van der Waals surface area (Å²) in [5.41, 5.74) is 1.51. The number of carbonyl (C=O) groups is 1. The molecule has 5 nitrogen and oxygen atoms in total. The maximum absolute atomic E-state index is 10.7. The summed E-state index contributed by atoms with van der Waals surface area (Å²) in [6, 6.07) is 17.2.